The molecule has 1 fully saturated rings. The Morgan fingerprint density at radius 3 is 2.31 bits per heavy atom. The SMILES string of the molecule is CC(c1ccc(F)cc1)C1C(CN)C1(C)C. The van der Waals surface area contributed by atoms with Crippen LogP contribution in [-0.4, -0.2) is 6.54 Å². The highest BCUT2D eigenvalue weighted by Crippen LogP contribution is 2.63. The van der Waals surface area contributed by atoms with E-state index in [-0.39, 0.29) is 5.82 Å². The summed E-state index contributed by atoms with van der Waals surface area (Å²) in [6.07, 6.45) is 0. The average molecular weight is 221 g/mol. The Kier molecular flexibility index (Phi) is 2.79. The lowest BCUT2D eigenvalue weighted by Crippen LogP contribution is -2.06. The molecule has 1 aromatic rings. The highest BCUT2D eigenvalue weighted by molar-refractivity contribution is 5.25. The molecule has 1 aliphatic carbocycles. The van der Waals surface area contributed by atoms with E-state index in [4.69, 9.17) is 5.73 Å². The quantitative estimate of drug-likeness (QED) is 0.833. The third-order valence-corrected chi connectivity index (χ3v) is 4.33. The van der Waals surface area contributed by atoms with Gasteiger partial charge in [-0.15, -0.1) is 0 Å². The minimum Gasteiger partial charge on any atom is -0.330 e. The lowest BCUT2D eigenvalue weighted by atomic mass is 9.92. The summed E-state index contributed by atoms with van der Waals surface area (Å²) in [6.45, 7) is 7.52. The van der Waals surface area contributed by atoms with Gasteiger partial charge in [0.15, 0.2) is 0 Å². The van der Waals surface area contributed by atoms with E-state index in [1.165, 1.54) is 5.56 Å². The zero-order valence-electron chi connectivity index (χ0n) is 10.2. The van der Waals surface area contributed by atoms with Gasteiger partial charge in [-0.3, -0.25) is 0 Å². The van der Waals surface area contributed by atoms with E-state index >= 15 is 0 Å². The predicted octanol–water partition coefficient (Wildman–Crippen LogP) is 3.16. The molecule has 0 aromatic heterocycles. The van der Waals surface area contributed by atoms with Crippen molar-refractivity contribution in [2.24, 2.45) is 23.0 Å². The Bertz CT molecular complexity index is 369. The Labute approximate surface area is 96.9 Å². The highest BCUT2D eigenvalue weighted by atomic mass is 19.1. The van der Waals surface area contributed by atoms with E-state index in [0.717, 1.165) is 6.54 Å². The standard InChI is InChI=1S/C14H20FN/c1-9(10-4-6-11(15)7-5-10)13-12(8-16)14(13,2)3/h4-7,9,12-13H,8,16H2,1-3H3. The molecule has 1 aromatic carbocycles. The van der Waals surface area contributed by atoms with Crippen LogP contribution in [0.15, 0.2) is 24.3 Å². The van der Waals surface area contributed by atoms with E-state index in [2.05, 4.69) is 20.8 Å². The molecule has 0 bridgehead atoms. The largest absolute Gasteiger partial charge is 0.330 e. The molecule has 1 saturated carbocycles. The van der Waals surface area contributed by atoms with Crippen LogP contribution in [0.25, 0.3) is 0 Å². The van der Waals surface area contributed by atoms with Crippen molar-refractivity contribution in [2.75, 3.05) is 6.54 Å². The Morgan fingerprint density at radius 1 is 1.31 bits per heavy atom. The van der Waals surface area contributed by atoms with Gasteiger partial charge in [-0.1, -0.05) is 32.9 Å². The second kappa shape index (κ2) is 3.85. The maximum atomic E-state index is 12.8. The zero-order valence-corrected chi connectivity index (χ0v) is 10.2. The van der Waals surface area contributed by atoms with Crippen molar-refractivity contribution in [3.63, 3.8) is 0 Å². The molecular weight excluding hydrogens is 201 g/mol. The number of hydrogen-bond donors (Lipinski definition) is 1. The van der Waals surface area contributed by atoms with Gasteiger partial charge in [0.1, 0.15) is 5.82 Å². The van der Waals surface area contributed by atoms with Crippen LogP contribution in [0, 0.1) is 23.1 Å². The van der Waals surface area contributed by atoms with Crippen molar-refractivity contribution in [3.05, 3.63) is 35.6 Å². The zero-order chi connectivity index (χ0) is 11.9. The van der Waals surface area contributed by atoms with Gasteiger partial charge < -0.3 is 5.73 Å². The number of nitrogens with two attached hydrogens (primary N) is 1. The Hall–Kier alpha value is -0.890. The summed E-state index contributed by atoms with van der Waals surface area (Å²) in [5.74, 6) is 1.53. The lowest BCUT2D eigenvalue weighted by molar-refractivity contribution is 0.500. The molecule has 1 nitrogen and oxygen atoms in total. The summed E-state index contributed by atoms with van der Waals surface area (Å²) in [4.78, 5) is 0. The van der Waals surface area contributed by atoms with Gasteiger partial charge in [0.2, 0.25) is 0 Å². The van der Waals surface area contributed by atoms with E-state index in [1.807, 2.05) is 12.1 Å². The van der Waals surface area contributed by atoms with Gasteiger partial charge >= 0.3 is 0 Å². The second-order valence-electron chi connectivity index (χ2n) is 5.53. The van der Waals surface area contributed by atoms with Gasteiger partial charge in [-0.2, -0.15) is 0 Å². The van der Waals surface area contributed by atoms with E-state index < -0.39 is 0 Å². The molecule has 88 valence electrons. The molecule has 0 radical (unpaired) electrons. The molecule has 16 heavy (non-hydrogen) atoms. The fourth-order valence-corrected chi connectivity index (χ4v) is 3.20. The van der Waals surface area contributed by atoms with Crippen LogP contribution in [-0.2, 0) is 0 Å². The molecule has 0 saturated heterocycles. The van der Waals surface area contributed by atoms with Crippen LogP contribution in [0.2, 0.25) is 0 Å². The van der Waals surface area contributed by atoms with Gasteiger partial charge in [0.05, 0.1) is 0 Å². The van der Waals surface area contributed by atoms with Crippen molar-refractivity contribution in [1.82, 2.24) is 0 Å². The third-order valence-electron chi connectivity index (χ3n) is 4.33. The summed E-state index contributed by atoms with van der Waals surface area (Å²) < 4.78 is 12.8. The molecule has 3 atom stereocenters. The lowest BCUT2D eigenvalue weighted by Gasteiger charge is -2.13. The number of hydrogen-bond acceptors (Lipinski definition) is 1. The molecule has 0 amide bonds. The average Bonchev–Trinajstić information content (AvgIpc) is 2.80. The van der Waals surface area contributed by atoms with Crippen molar-refractivity contribution in [2.45, 2.75) is 26.7 Å². The van der Waals surface area contributed by atoms with Gasteiger partial charge in [0.25, 0.3) is 0 Å². The minimum atomic E-state index is -0.165. The number of benzene rings is 1. The summed E-state index contributed by atoms with van der Waals surface area (Å²) in [7, 11) is 0. The Morgan fingerprint density at radius 2 is 1.88 bits per heavy atom. The van der Waals surface area contributed by atoms with Gasteiger partial charge in [0, 0.05) is 0 Å². The number of rotatable bonds is 3. The molecule has 0 spiro atoms. The maximum absolute atomic E-state index is 12.8. The first-order chi connectivity index (χ1) is 7.48. The maximum Gasteiger partial charge on any atom is 0.123 e. The monoisotopic (exact) mass is 221 g/mol. The molecule has 2 heteroatoms. The van der Waals surface area contributed by atoms with E-state index in [1.54, 1.807) is 12.1 Å². The van der Waals surface area contributed by atoms with Crippen LogP contribution < -0.4 is 5.73 Å². The van der Waals surface area contributed by atoms with Crippen LogP contribution >= 0.6 is 0 Å². The first-order valence-corrected chi connectivity index (χ1v) is 5.94. The normalized spacial score (nSPS) is 28.8. The van der Waals surface area contributed by atoms with Crippen LogP contribution in [0.4, 0.5) is 4.39 Å². The van der Waals surface area contributed by atoms with Crippen molar-refractivity contribution < 1.29 is 4.39 Å². The summed E-state index contributed by atoms with van der Waals surface area (Å²) >= 11 is 0. The highest BCUT2D eigenvalue weighted by Gasteiger charge is 2.58. The topological polar surface area (TPSA) is 26.0 Å². The fourth-order valence-electron chi connectivity index (χ4n) is 3.20. The van der Waals surface area contributed by atoms with Gasteiger partial charge in [-0.05, 0) is 47.4 Å². The fraction of sp³-hybridized carbons (Fsp3) is 0.571. The minimum absolute atomic E-state index is 0.165. The van der Waals surface area contributed by atoms with Crippen molar-refractivity contribution in [1.29, 1.82) is 0 Å². The third kappa shape index (κ3) is 1.75. The predicted molar refractivity (Wildman–Crippen MR) is 64.6 cm³/mol. The first kappa shape index (κ1) is 11.6. The molecule has 1 aliphatic rings. The summed E-state index contributed by atoms with van der Waals surface area (Å²) in [5, 5.41) is 0. The molecule has 0 aliphatic heterocycles. The summed E-state index contributed by atoms with van der Waals surface area (Å²) in [6, 6.07) is 6.86. The molecule has 3 unspecified atom stereocenters. The van der Waals surface area contributed by atoms with E-state index in [0.29, 0.717) is 23.2 Å². The van der Waals surface area contributed by atoms with Crippen LogP contribution in [0.3, 0.4) is 0 Å². The molecular formula is C14H20FN. The van der Waals surface area contributed by atoms with Crippen LogP contribution in [0.5, 0.6) is 0 Å². The van der Waals surface area contributed by atoms with E-state index in [9.17, 15) is 4.39 Å². The van der Waals surface area contributed by atoms with Crippen molar-refractivity contribution in [3.8, 4) is 0 Å². The summed E-state index contributed by atoms with van der Waals surface area (Å²) in [5.41, 5.74) is 7.33. The molecule has 0 heterocycles. The first-order valence-electron chi connectivity index (χ1n) is 5.94. The second-order valence-corrected chi connectivity index (χ2v) is 5.53. The molecule has 2 N–H and O–H groups in total. The van der Waals surface area contributed by atoms with Crippen LogP contribution in [0.1, 0.15) is 32.3 Å². The van der Waals surface area contributed by atoms with Crippen molar-refractivity contribution >= 4 is 0 Å². The smallest absolute Gasteiger partial charge is 0.123 e. The number of halogens is 1. The Balaban J connectivity index is 2.15. The van der Waals surface area contributed by atoms with Gasteiger partial charge in [-0.25, -0.2) is 4.39 Å². The molecule has 2 rings (SSSR count).